The third kappa shape index (κ3) is 2.99. The number of piperazine rings is 1. The van der Waals surface area contributed by atoms with Crippen molar-refractivity contribution in [2.75, 3.05) is 39.3 Å². The molecule has 2 saturated heterocycles. The first-order valence-electron chi connectivity index (χ1n) is 7.54. The summed E-state index contributed by atoms with van der Waals surface area (Å²) in [5.74, 6) is 0. The van der Waals surface area contributed by atoms with E-state index in [1.54, 1.807) is 0 Å². The van der Waals surface area contributed by atoms with Crippen molar-refractivity contribution in [2.24, 2.45) is 0 Å². The molecular weight excluding hydrogens is 238 g/mol. The van der Waals surface area contributed by atoms with Crippen molar-refractivity contribution in [1.82, 2.24) is 24.9 Å². The standard InChI is InChI=1S/C14H25N5/c1-2-5-19-13(3-4-16-19)12-17-6-8-18(9-7-17)14-10-15-11-14/h3-4,14-15H,2,5-12H2,1H3. The van der Waals surface area contributed by atoms with Gasteiger partial charge in [0.05, 0.1) is 5.69 Å². The molecule has 3 heterocycles. The molecule has 2 fully saturated rings. The molecule has 1 aromatic heterocycles. The van der Waals surface area contributed by atoms with E-state index in [2.05, 4.69) is 37.9 Å². The largest absolute Gasteiger partial charge is 0.314 e. The molecule has 0 unspecified atom stereocenters. The molecule has 0 atom stereocenters. The molecule has 2 aliphatic heterocycles. The van der Waals surface area contributed by atoms with E-state index in [0.29, 0.717) is 0 Å². The monoisotopic (exact) mass is 263 g/mol. The van der Waals surface area contributed by atoms with E-state index in [1.165, 1.54) is 45.0 Å². The highest BCUT2D eigenvalue weighted by Crippen LogP contribution is 2.12. The predicted octanol–water partition coefficient (Wildman–Crippen LogP) is 0.383. The Labute approximate surface area is 115 Å². The van der Waals surface area contributed by atoms with Gasteiger partial charge in [0.2, 0.25) is 0 Å². The van der Waals surface area contributed by atoms with Crippen molar-refractivity contribution in [2.45, 2.75) is 32.5 Å². The highest BCUT2D eigenvalue weighted by Gasteiger charge is 2.27. The van der Waals surface area contributed by atoms with Crippen LogP contribution in [-0.2, 0) is 13.1 Å². The predicted molar refractivity (Wildman–Crippen MR) is 76.0 cm³/mol. The van der Waals surface area contributed by atoms with E-state index >= 15 is 0 Å². The van der Waals surface area contributed by atoms with E-state index in [9.17, 15) is 0 Å². The minimum absolute atomic E-state index is 0.799. The molecular formula is C14H25N5. The molecule has 0 bridgehead atoms. The third-order valence-electron chi connectivity index (χ3n) is 4.31. The van der Waals surface area contributed by atoms with Gasteiger partial charge >= 0.3 is 0 Å². The average Bonchev–Trinajstić information content (AvgIpc) is 2.78. The van der Waals surface area contributed by atoms with Crippen molar-refractivity contribution in [1.29, 1.82) is 0 Å². The van der Waals surface area contributed by atoms with Crippen LogP contribution in [0.5, 0.6) is 0 Å². The second kappa shape index (κ2) is 6.03. The number of aryl methyl sites for hydroxylation is 1. The summed E-state index contributed by atoms with van der Waals surface area (Å²) in [6.45, 7) is 11.5. The maximum absolute atomic E-state index is 4.41. The fourth-order valence-corrected chi connectivity index (χ4v) is 2.95. The average molecular weight is 263 g/mol. The van der Waals surface area contributed by atoms with Gasteiger partial charge in [0, 0.05) is 64.6 Å². The lowest BCUT2D eigenvalue weighted by Crippen LogP contribution is -2.61. The number of nitrogens with one attached hydrogen (secondary N) is 1. The quantitative estimate of drug-likeness (QED) is 0.833. The van der Waals surface area contributed by atoms with Gasteiger partial charge < -0.3 is 5.32 Å². The minimum Gasteiger partial charge on any atom is -0.314 e. The molecule has 3 rings (SSSR count). The first-order valence-corrected chi connectivity index (χ1v) is 7.54. The number of rotatable bonds is 5. The highest BCUT2D eigenvalue weighted by molar-refractivity contribution is 5.01. The van der Waals surface area contributed by atoms with Gasteiger partial charge in [-0.25, -0.2) is 0 Å². The van der Waals surface area contributed by atoms with Crippen molar-refractivity contribution in [3.8, 4) is 0 Å². The topological polar surface area (TPSA) is 36.3 Å². The van der Waals surface area contributed by atoms with Gasteiger partial charge in [-0.3, -0.25) is 14.5 Å². The minimum atomic E-state index is 0.799. The third-order valence-corrected chi connectivity index (χ3v) is 4.31. The summed E-state index contributed by atoms with van der Waals surface area (Å²) in [5.41, 5.74) is 1.36. The van der Waals surface area contributed by atoms with Crippen LogP contribution in [-0.4, -0.2) is 64.9 Å². The van der Waals surface area contributed by atoms with E-state index in [-0.39, 0.29) is 0 Å². The summed E-state index contributed by atoms with van der Waals surface area (Å²) < 4.78 is 2.15. The fourth-order valence-electron chi connectivity index (χ4n) is 2.95. The molecule has 0 aromatic carbocycles. The van der Waals surface area contributed by atoms with E-state index in [1.807, 2.05) is 6.20 Å². The van der Waals surface area contributed by atoms with Crippen LogP contribution in [0.4, 0.5) is 0 Å². The van der Waals surface area contributed by atoms with Crippen LogP contribution in [0.15, 0.2) is 12.3 Å². The van der Waals surface area contributed by atoms with Gasteiger partial charge in [0.15, 0.2) is 0 Å². The van der Waals surface area contributed by atoms with Gasteiger partial charge in [-0.1, -0.05) is 6.92 Å². The molecule has 5 nitrogen and oxygen atoms in total. The lowest BCUT2D eigenvalue weighted by Gasteiger charge is -2.43. The van der Waals surface area contributed by atoms with Gasteiger partial charge in [0.25, 0.3) is 0 Å². The first kappa shape index (κ1) is 13.1. The summed E-state index contributed by atoms with van der Waals surface area (Å²) in [6, 6.07) is 2.96. The zero-order chi connectivity index (χ0) is 13.1. The Morgan fingerprint density at radius 2 is 2.05 bits per heavy atom. The van der Waals surface area contributed by atoms with Gasteiger partial charge in [0.1, 0.15) is 0 Å². The molecule has 106 valence electrons. The van der Waals surface area contributed by atoms with Crippen LogP contribution in [0.3, 0.4) is 0 Å². The second-order valence-electron chi connectivity index (χ2n) is 5.67. The summed E-state index contributed by atoms with van der Waals surface area (Å²) >= 11 is 0. The Morgan fingerprint density at radius 3 is 2.68 bits per heavy atom. The normalized spacial score (nSPS) is 22.6. The van der Waals surface area contributed by atoms with Crippen LogP contribution < -0.4 is 5.32 Å². The summed E-state index contributed by atoms with van der Waals surface area (Å²) in [7, 11) is 0. The molecule has 0 amide bonds. The Morgan fingerprint density at radius 1 is 1.26 bits per heavy atom. The van der Waals surface area contributed by atoms with Crippen LogP contribution in [0, 0.1) is 0 Å². The van der Waals surface area contributed by atoms with E-state index in [4.69, 9.17) is 0 Å². The molecule has 0 aliphatic carbocycles. The van der Waals surface area contributed by atoms with Gasteiger partial charge in [-0.15, -0.1) is 0 Å². The van der Waals surface area contributed by atoms with Crippen molar-refractivity contribution < 1.29 is 0 Å². The lowest BCUT2D eigenvalue weighted by atomic mass is 10.1. The molecule has 0 saturated carbocycles. The first-order chi connectivity index (χ1) is 9.36. The maximum atomic E-state index is 4.41. The summed E-state index contributed by atoms with van der Waals surface area (Å²) in [5, 5.41) is 7.77. The van der Waals surface area contributed by atoms with Crippen LogP contribution in [0.25, 0.3) is 0 Å². The van der Waals surface area contributed by atoms with Crippen LogP contribution in [0.2, 0.25) is 0 Å². The maximum Gasteiger partial charge on any atom is 0.0524 e. The van der Waals surface area contributed by atoms with E-state index < -0.39 is 0 Å². The smallest absolute Gasteiger partial charge is 0.0524 e. The van der Waals surface area contributed by atoms with Gasteiger partial charge in [-0.2, -0.15) is 5.10 Å². The molecule has 0 spiro atoms. The Kier molecular flexibility index (Phi) is 4.15. The lowest BCUT2D eigenvalue weighted by molar-refractivity contribution is 0.0683. The number of aromatic nitrogens is 2. The Bertz CT molecular complexity index is 390. The van der Waals surface area contributed by atoms with Crippen molar-refractivity contribution in [3.05, 3.63) is 18.0 Å². The molecule has 2 aliphatic rings. The van der Waals surface area contributed by atoms with E-state index in [0.717, 1.165) is 25.6 Å². The molecule has 19 heavy (non-hydrogen) atoms. The van der Waals surface area contributed by atoms with Crippen LogP contribution in [0.1, 0.15) is 19.0 Å². The molecule has 5 heteroatoms. The number of hydrogen-bond acceptors (Lipinski definition) is 4. The van der Waals surface area contributed by atoms with Crippen molar-refractivity contribution >= 4 is 0 Å². The van der Waals surface area contributed by atoms with Crippen molar-refractivity contribution in [3.63, 3.8) is 0 Å². The summed E-state index contributed by atoms with van der Waals surface area (Å²) in [4.78, 5) is 5.20. The zero-order valence-corrected chi connectivity index (χ0v) is 11.9. The molecule has 0 radical (unpaired) electrons. The van der Waals surface area contributed by atoms with Gasteiger partial charge in [-0.05, 0) is 12.5 Å². The molecule has 1 aromatic rings. The number of nitrogens with zero attached hydrogens (tertiary/aromatic N) is 4. The zero-order valence-electron chi connectivity index (χ0n) is 11.9. The Hall–Kier alpha value is -0.910. The Balaban J connectivity index is 1.49. The highest BCUT2D eigenvalue weighted by atomic mass is 15.3. The molecule has 1 N–H and O–H groups in total. The van der Waals surface area contributed by atoms with Crippen LogP contribution >= 0.6 is 0 Å². The fraction of sp³-hybridized carbons (Fsp3) is 0.786. The number of hydrogen-bond donors (Lipinski definition) is 1. The second-order valence-corrected chi connectivity index (χ2v) is 5.67. The SMILES string of the molecule is CCCn1nccc1CN1CCN(C2CNC2)CC1. The summed E-state index contributed by atoms with van der Waals surface area (Å²) in [6.07, 6.45) is 3.08.